The van der Waals surface area contributed by atoms with Crippen LogP contribution in [0, 0.1) is 12.7 Å². The van der Waals surface area contributed by atoms with Crippen LogP contribution in [0.1, 0.15) is 45.9 Å². The van der Waals surface area contributed by atoms with Crippen LogP contribution in [0.5, 0.6) is 5.75 Å². The number of aromatic nitrogens is 2. The molecule has 5 aromatic rings. The Kier molecular flexibility index (Phi) is 9.17. The molecule has 0 spiro atoms. The van der Waals surface area contributed by atoms with E-state index in [1.54, 1.807) is 13.0 Å². The predicted molar refractivity (Wildman–Crippen MR) is 166 cm³/mol. The summed E-state index contributed by atoms with van der Waals surface area (Å²) in [6, 6.07) is 10.8. The van der Waals surface area contributed by atoms with Gasteiger partial charge in [0.05, 0.1) is 29.5 Å². The zero-order valence-electron chi connectivity index (χ0n) is 26.6. The van der Waals surface area contributed by atoms with Crippen molar-refractivity contribution in [2.75, 3.05) is 7.11 Å². The second-order valence-electron chi connectivity index (χ2n) is 11.8. The Labute approximate surface area is 286 Å². The summed E-state index contributed by atoms with van der Waals surface area (Å²) in [5.74, 6) is -1.60. The molecular formula is C35H23F10N3O4. The molecule has 1 atom stereocenters. The number of methoxy groups -OCH3 is 1. The molecule has 0 amide bonds. The summed E-state index contributed by atoms with van der Waals surface area (Å²) in [6.07, 6.45) is -17.2. The van der Waals surface area contributed by atoms with Gasteiger partial charge in [0.1, 0.15) is 11.6 Å². The number of aromatic amines is 1. The second-order valence-corrected chi connectivity index (χ2v) is 11.8. The lowest BCUT2D eigenvalue weighted by atomic mass is 9.89. The first kappa shape index (κ1) is 36.2. The highest BCUT2D eigenvalue weighted by Crippen LogP contribution is 2.43. The molecule has 0 fully saturated rings. The Bertz CT molecular complexity index is 2220. The Morgan fingerprint density at radius 1 is 0.788 bits per heavy atom. The maximum Gasteiger partial charge on any atom is 0.434 e. The number of aryl methyl sites for hydroxylation is 1. The normalized spacial score (nSPS) is 15.1. The summed E-state index contributed by atoms with van der Waals surface area (Å²) < 4.78 is 149. The quantitative estimate of drug-likeness (QED) is 0.168. The van der Waals surface area contributed by atoms with E-state index in [0.717, 1.165) is 24.3 Å². The number of ether oxygens (including phenoxy) is 1. The molecule has 0 unspecified atom stereocenters. The standard InChI is InChI=1S/C35H23F10N3O4/c1-16-7-17(31-46-47-32(49)51-31)3-5-24(16)26-14-27(30(50-2)15-28(26)36)25-6-4-20(33(37,38)39)8-18(25)11-23-13-29(52-48-23)19-9-21(34(40,41)42)12-22(10-19)35(43,44)45/h3-10,12,14-15,29H,11,13H2,1-2H3,(H,47,49)/t29-/m0/s1. The molecule has 17 heteroatoms. The highest BCUT2D eigenvalue weighted by atomic mass is 19.4. The van der Waals surface area contributed by atoms with Crippen LogP contribution >= 0.6 is 0 Å². The monoisotopic (exact) mass is 739 g/mol. The van der Waals surface area contributed by atoms with E-state index in [1.165, 1.54) is 25.3 Å². The summed E-state index contributed by atoms with van der Waals surface area (Å²) in [5, 5.41) is 9.71. The lowest BCUT2D eigenvalue weighted by Crippen LogP contribution is -2.13. The number of H-pyrrole nitrogens is 1. The van der Waals surface area contributed by atoms with Gasteiger partial charge in [-0.2, -0.15) is 39.5 Å². The average molecular weight is 740 g/mol. The second kappa shape index (κ2) is 13.2. The molecule has 1 N–H and O–H groups in total. The first-order valence-electron chi connectivity index (χ1n) is 15.1. The van der Waals surface area contributed by atoms with Crippen molar-refractivity contribution >= 4 is 5.71 Å². The third kappa shape index (κ3) is 7.38. The molecule has 6 rings (SSSR count). The van der Waals surface area contributed by atoms with E-state index in [2.05, 4.69) is 15.4 Å². The van der Waals surface area contributed by atoms with Crippen LogP contribution in [-0.4, -0.2) is 23.0 Å². The van der Waals surface area contributed by atoms with Gasteiger partial charge in [-0.3, -0.25) is 0 Å². The van der Waals surface area contributed by atoms with Crippen LogP contribution in [0.25, 0.3) is 33.7 Å². The average Bonchev–Trinajstić information content (AvgIpc) is 3.72. The molecular weight excluding hydrogens is 716 g/mol. The lowest BCUT2D eigenvalue weighted by Gasteiger charge is -2.18. The number of halogens is 10. The van der Waals surface area contributed by atoms with Gasteiger partial charge in [0, 0.05) is 35.6 Å². The van der Waals surface area contributed by atoms with Gasteiger partial charge >= 0.3 is 24.3 Å². The molecule has 4 aromatic carbocycles. The van der Waals surface area contributed by atoms with E-state index in [0.29, 0.717) is 28.8 Å². The number of nitrogens with zero attached hydrogens (tertiary/aromatic N) is 2. The molecule has 0 radical (unpaired) electrons. The van der Waals surface area contributed by atoms with Crippen molar-refractivity contribution in [2.24, 2.45) is 5.16 Å². The smallest absolute Gasteiger partial charge is 0.434 e. The first-order chi connectivity index (χ1) is 24.3. The van der Waals surface area contributed by atoms with E-state index >= 15 is 4.39 Å². The topological polar surface area (TPSA) is 89.7 Å². The van der Waals surface area contributed by atoms with E-state index in [9.17, 15) is 44.3 Å². The van der Waals surface area contributed by atoms with Gasteiger partial charge in [0.25, 0.3) is 0 Å². The number of nitrogens with one attached hydrogen (secondary N) is 1. The predicted octanol–water partition coefficient (Wildman–Crippen LogP) is 9.94. The Balaban J connectivity index is 1.38. The molecule has 52 heavy (non-hydrogen) atoms. The number of rotatable bonds is 7. The Morgan fingerprint density at radius 2 is 1.44 bits per heavy atom. The van der Waals surface area contributed by atoms with Gasteiger partial charge in [-0.25, -0.2) is 14.3 Å². The highest BCUT2D eigenvalue weighted by Gasteiger charge is 2.39. The number of hydrogen-bond acceptors (Lipinski definition) is 6. The van der Waals surface area contributed by atoms with Crippen molar-refractivity contribution in [1.29, 1.82) is 0 Å². The van der Waals surface area contributed by atoms with Gasteiger partial charge < -0.3 is 14.0 Å². The summed E-state index contributed by atoms with van der Waals surface area (Å²) in [4.78, 5) is 16.6. The highest BCUT2D eigenvalue weighted by molar-refractivity contribution is 5.91. The Morgan fingerprint density at radius 3 is 2.02 bits per heavy atom. The number of benzene rings is 4. The van der Waals surface area contributed by atoms with Crippen LogP contribution < -0.4 is 10.5 Å². The van der Waals surface area contributed by atoms with Gasteiger partial charge in [0.15, 0.2) is 6.10 Å². The van der Waals surface area contributed by atoms with E-state index in [-0.39, 0.29) is 58.5 Å². The molecule has 0 aliphatic carbocycles. The summed E-state index contributed by atoms with van der Waals surface area (Å²) in [5.41, 5.74) is -3.06. The maximum atomic E-state index is 15.6. The summed E-state index contributed by atoms with van der Waals surface area (Å²) in [6.45, 7) is 1.65. The van der Waals surface area contributed by atoms with E-state index in [1.807, 2.05) is 0 Å². The molecule has 1 aromatic heterocycles. The lowest BCUT2D eigenvalue weighted by molar-refractivity contribution is -0.143. The third-order valence-corrected chi connectivity index (χ3v) is 8.32. The molecule has 0 saturated carbocycles. The van der Waals surface area contributed by atoms with Crippen LogP contribution in [-0.2, 0) is 29.8 Å². The van der Waals surface area contributed by atoms with Crippen LogP contribution in [0.4, 0.5) is 43.9 Å². The van der Waals surface area contributed by atoms with Crippen LogP contribution in [0.2, 0.25) is 0 Å². The zero-order chi connectivity index (χ0) is 37.7. The molecule has 1 aliphatic heterocycles. The van der Waals surface area contributed by atoms with Gasteiger partial charge in [-0.1, -0.05) is 17.3 Å². The van der Waals surface area contributed by atoms with Gasteiger partial charge in [-0.15, -0.1) is 5.10 Å². The van der Waals surface area contributed by atoms with Crippen molar-refractivity contribution in [3.05, 3.63) is 116 Å². The SMILES string of the molecule is COc1cc(F)c(-c2ccc(-c3n[nH]c(=O)o3)cc2C)cc1-c1ccc(C(F)(F)F)cc1CC1=NO[C@H](c2cc(C(F)(F)F)cc(C(F)(F)F)c2)C1. The molecule has 2 heterocycles. The minimum absolute atomic E-state index is 0.0140. The minimum Gasteiger partial charge on any atom is -0.496 e. The molecule has 1 aliphatic rings. The largest absolute Gasteiger partial charge is 0.496 e. The van der Waals surface area contributed by atoms with Gasteiger partial charge in [0.2, 0.25) is 5.89 Å². The fourth-order valence-electron chi connectivity index (χ4n) is 5.87. The van der Waals surface area contributed by atoms with Crippen molar-refractivity contribution in [3.63, 3.8) is 0 Å². The number of hydrogen-bond donors (Lipinski definition) is 1. The van der Waals surface area contributed by atoms with Gasteiger partial charge in [-0.05, 0) is 83.3 Å². The number of oxime groups is 1. The fourth-order valence-corrected chi connectivity index (χ4v) is 5.87. The van der Waals surface area contributed by atoms with Crippen molar-refractivity contribution in [2.45, 2.75) is 44.4 Å². The van der Waals surface area contributed by atoms with Crippen LogP contribution in [0.3, 0.4) is 0 Å². The van der Waals surface area contributed by atoms with Crippen LogP contribution in [0.15, 0.2) is 81.1 Å². The van der Waals surface area contributed by atoms with Crippen molar-refractivity contribution < 1.29 is 57.9 Å². The van der Waals surface area contributed by atoms with E-state index in [4.69, 9.17) is 14.0 Å². The Hall–Kier alpha value is -5.61. The summed E-state index contributed by atoms with van der Waals surface area (Å²) in [7, 11) is 1.23. The fraction of sp³-hybridized carbons (Fsp3) is 0.229. The van der Waals surface area contributed by atoms with E-state index < -0.39 is 58.5 Å². The first-order valence-corrected chi connectivity index (χ1v) is 15.1. The zero-order valence-corrected chi connectivity index (χ0v) is 26.6. The molecule has 272 valence electrons. The summed E-state index contributed by atoms with van der Waals surface area (Å²) >= 11 is 0. The van der Waals surface area contributed by atoms with Crippen molar-refractivity contribution in [1.82, 2.24) is 10.2 Å². The minimum atomic E-state index is -5.12. The maximum absolute atomic E-state index is 15.6. The van der Waals surface area contributed by atoms with Crippen molar-refractivity contribution in [3.8, 4) is 39.5 Å². The molecule has 0 saturated heterocycles. The molecule has 0 bridgehead atoms. The third-order valence-electron chi connectivity index (χ3n) is 8.32. The molecule has 7 nitrogen and oxygen atoms in total. The number of alkyl halides is 9.